The second-order valence-electron chi connectivity index (χ2n) is 4.98. The predicted molar refractivity (Wildman–Crippen MR) is 73.6 cm³/mol. The van der Waals surface area contributed by atoms with E-state index in [4.69, 9.17) is 0 Å². The molecule has 2 aliphatic rings. The van der Waals surface area contributed by atoms with Gasteiger partial charge in [0.25, 0.3) is 0 Å². The summed E-state index contributed by atoms with van der Waals surface area (Å²) >= 11 is 5.03. The number of halogens is 1. The number of hydrogen-bond donors (Lipinski definition) is 0. The summed E-state index contributed by atoms with van der Waals surface area (Å²) < 4.78 is 0.880. The van der Waals surface area contributed by atoms with E-state index in [1.807, 2.05) is 0 Å². The molecule has 2 saturated heterocycles. The van der Waals surface area contributed by atoms with Crippen LogP contribution in [-0.4, -0.2) is 46.8 Å². The third-order valence-corrected chi connectivity index (χ3v) is 5.22. The molecule has 1 aromatic rings. The van der Waals surface area contributed by atoms with E-state index in [2.05, 4.69) is 42.9 Å². The van der Waals surface area contributed by atoms with Crippen LogP contribution in [0.3, 0.4) is 0 Å². The number of rotatable bonds is 1. The minimum Gasteiger partial charge on any atom is -0.341 e. The normalized spacial score (nSPS) is 30.4. The lowest BCUT2D eigenvalue weighted by molar-refractivity contribution is 0.115. The van der Waals surface area contributed by atoms with E-state index in [1.54, 1.807) is 11.3 Å². The van der Waals surface area contributed by atoms with Gasteiger partial charge in [0, 0.05) is 25.2 Å². The number of hydrogen-bond acceptors (Lipinski definition) is 5. The molecule has 4 nitrogen and oxygen atoms in total. The molecule has 0 N–H and O–H groups in total. The Kier molecular flexibility index (Phi) is 3.36. The third kappa shape index (κ3) is 2.35. The topological polar surface area (TPSA) is 32.3 Å². The number of piperidine rings is 1. The summed E-state index contributed by atoms with van der Waals surface area (Å²) in [5.74, 6) is 0. The standard InChI is InChI=1S/C11H17BrN4S/c1-8-6-15-5-3-2-4-9(15)7-16(8)11-14-13-10(12)17-11/h8-9H,2-7H2,1H3. The zero-order valence-corrected chi connectivity index (χ0v) is 12.4. The fourth-order valence-electron chi connectivity index (χ4n) is 2.93. The van der Waals surface area contributed by atoms with Crippen molar-refractivity contribution < 1.29 is 0 Å². The van der Waals surface area contributed by atoms with Gasteiger partial charge in [0.15, 0.2) is 3.92 Å². The van der Waals surface area contributed by atoms with Crippen molar-refractivity contribution >= 4 is 32.4 Å². The molecule has 17 heavy (non-hydrogen) atoms. The van der Waals surface area contributed by atoms with Gasteiger partial charge in [-0.15, -0.1) is 10.2 Å². The Labute approximate surface area is 114 Å². The van der Waals surface area contributed by atoms with E-state index in [0.29, 0.717) is 6.04 Å². The minimum absolute atomic E-state index is 0.546. The van der Waals surface area contributed by atoms with Crippen LogP contribution in [0.4, 0.5) is 5.13 Å². The molecule has 2 aliphatic heterocycles. The summed E-state index contributed by atoms with van der Waals surface area (Å²) in [6, 6.07) is 1.27. The fourth-order valence-corrected chi connectivity index (χ4v) is 4.13. The Bertz CT molecular complexity index is 397. The van der Waals surface area contributed by atoms with Crippen LogP contribution in [0.5, 0.6) is 0 Å². The van der Waals surface area contributed by atoms with Crippen LogP contribution in [0, 0.1) is 0 Å². The number of nitrogens with zero attached hydrogens (tertiary/aromatic N) is 4. The molecule has 1 aromatic heterocycles. The maximum absolute atomic E-state index is 4.26. The van der Waals surface area contributed by atoms with Crippen molar-refractivity contribution in [2.24, 2.45) is 0 Å². The van der Waals surface area contributed by atoms with Gasteiger partial charge in [-0.05, 0) is 42.2 Å². The Morgan fingerprint density at radius 1 is 1.29 bits per heavy atom. The van der Waals surface area contributed by atoms with Crippen molar-refractivity contribution in [3.05, 3.63) is 3.92 Å². The summed E-state index contributed by atoms with van der Waals surface area (Å²) in [4.78, 5) is 5.08. The Morgan fingerprint density at radius 2 is 2.18 bits per heavy atom. The van der Waals surface area contributed by atoms with Gasteiger partial charge in [0.05, 0.1) is 0 Å². The molecule has 2 unspecified atom stereocenters. The number of fused-ring (bicyclic) bond motifs is 1. The molecule has 3 rings (SSSR count). The molecule has 0 bridgehead atoms. The lowest BCUT2D eigenvalue weighted by Gasteiger charge is -2.47. The first-order valence-corrected chi connectivity index (χ1v) is 7.84. The Hall–Kier alpha value is -0.200. The quantitative estimate of drug-likeness (QED) is 0.796. The lowest BCUT2D eigenvalue weighted by atomic mass is 9.97. The number of anilines is 1. The second-order valence-corrected chi connectivity index (χ2v) is 7.22. The first kappa shape index (κ1) is 11.9. The van der Waals surface area contributed by atoms with Crippen LogP contribution < -0.4 is 4.90 Å². The van der Waals surface area contributed by atoms with Crippen molar-refractivity contribution in [3.8, 4) is 0 Å². The van der Waals surface area contributed by atoms with Gasteiger partial charge in [-0.1, -0.05) is 17.8 Å². The lowest BCUT2D eigenvalue weighted by Crippen LogP contribution is -2.58. The zero-order valence-electron chi connectivity index (χ0n) is 9.97. The molecule has 0 spiro atoms. The molecule has 0 aliphatic carbocycles. The van der Waals surface area contributed by atoms with E-state index in [-0.39, 0.29) is 0 Å². The summed E-state index contributed by atoms with van der Waals surface area (Å²) in [5, 5.41) is 9.38. The summed E-state index contributed by atoms with van der Waals surface area (Å²) in [6.45, 7) is 5.85. The summed E-state index contributed by atoms with van der Waals surface area (Å²) in [7, 11) is 0. The van der Waals surface area contributed by atoms with Crippen molar-refractivity contribution in [1.29, 1.82) is 0 Å². The van der Waals surface area contributed by atoms with Crippen LogP contribution in [0.15, 0.2) is 3.92 Å². The van der Waals surface area contributed by atoms with Gasteiger partial charge in [-0.2, -0.15) is 0 Å². The molecule has 0 saturated carbocycles. The molecule has 2 fully saturated rings. The van der Waals surface area contributed by atoms with Crippen LogP contribution in [0.1, 0.15) is 26.2 Å². The van der Waals surface area contributed by atoms with Gasteiger partial charge >= 0.3 is 0 Å². The maximum atomic E-state index is 4.26. The number of aromatic nitrogens is 2. The van der Waals surface area contributed by atoms with Crippen molar-refractivity contribution in [2.45, 2.75) is 38.3 Å². The van der Waals surface area contributed by atoms with Crippen LogP contribution in [0.25, 0.3) is 0 Å². The molecule has 6 heteroatoms. The molecule has 3 heterocycles. The molecule has 0 radical (unpaired) electrons. The molecular weight excluding hydrogens is 300 g/mol. The van der Waals surface area contributed by atoms with Gasteiger partial charge in [-0.3, -0.25) is 4.90 Å². The second kappa shape index (κ2) is 4.82. The highest BCUT2D eigenvalue weighted by atomic mass is 79.9. The van der Waals surface area contributed by atoms with E-state index >= 15 is 0 Å². The minimum atomic E-state index is 0.546. The van der Waals surface area contributed by atoms with Crippen molar-refractivity contribution in [2.75, 3.05) is 24.5 Å². The zero-order chi connectivity index (χ0) is 11.8. The molecule has 0 aromatic carbocycles. The van der Waals surface area contributed by atoms with Crippen molar-refractivity contribution in [1.82, 2.24) is 15.1 Å². The summed E-state index contributed by atoms with van der Waals surface area (Å²) in [5.41, 5.74) is 0. The van der Waals surface area contributed by atoms with Crippen LogP contribution in [-0.2, 0) is 0 Å². The average Bonchev–Trinajstić information content (AvgIpc) is 2.75. The summed E-state index contributed by atoms with van der Waals surface area (Å²) in [6.07, 6.45) is 4.08. The third-order valence-electron chi connectivity index (χ3n) is 3.82. The highest BCUT2D eigenvalue weighted by Crippen LogP contribution is 2.31. The van der Waals surface area contributed by atoms with Crippen molar-refractivity contribution in [3.63, 3.8) is 0 Å². The van der Waals surface area contributed by atoms with Gasteiger partial charge in [-0.25, -0.2) is 0 Å². The first-order chi connectivity index (χ1) is 8.24. The van der Waals surface area contributed by atoms with E-state index in [0.717, 1.165) is 21.6 Å². The van der Waals surface area contributed by atoms with E-state index in [9.17, 15) is 0 Å². The smallest absolute Gasteiger partial charge is 0.209 e. The highest BCUT2D eigenvalue weighted by Gasteiger charge is 2.34. The Balaban J connectivity index is 1.77. The fraction of sp³-hybridized carbons (Fsp3) is 0.818. The monoisotopic (exact) mass is 316 g/mol. The largest absolute Gasteiger partial charge is 0.341 e. The molecular formula is C11H17BrN4S. The van der Waals surface area contributed by atoms with Gasteiger partial charge < -0.3 is 4.90 Å². The molecule has 2 atom stereocenters. The average molecular weight is 317 g/mol. The van der Waals surface area contributed by atoms with Gasteiger partial charge in [0.1, 0.15) is 0 Å². The SMILES string of the molecule is CC1CN2CCCCC2CN1c1nnc(Br)s1. The van der Waals surface area contributed by atoms with Crippen LogP contribution >= 0.6 is 27.3 Å². The van der Waals surface area contributed by atoms with E-state index in [1.165, 1.54) is 32.4 Å². The molecule has 0 amide bonds. The highest BCUT2D eigenvalue weighted by molar-refractivity contribution is 9.11. The van der Waals surface area contributed by atoms with E-state index < -0.39 is 0 Å². The number of piperazine rings is 1. The van der Waals surface area contributed by atoms with Crippen LogP contribution in [0.2, 0.25) is 0 Å². The van der Waals surface area contributed by atoms with Gasteiger partial charge in [0.2, 0.25) is 5.13 Å². The predicted octanol–water partition coefficient (Wildman–Crippen LogP) is 2.36. The first-order valence-electron chi connectivity index (χ1n) is 6.24. The maximum Gasteiger partial charge on any atom is 0.209 e. The Morgan fingerprint density at radius 3 is 2.94 bits per heavy atom. The molecule has 94 valence electrons.